The van der Waals surface area contributed by atoms with Gasteiger partial charge in [-0.25, -0.2) is 0 Å². The average molecular weight is 220 g/mol. The SMILES string of the molecule is C=C(C)C#Cc1c(C=O)ccc2ccccc12. The molecule has 0 radical (unpaired) electrons. The molecule has 0 aliphatic rings. The van der Waals surface area contributed by atoms with Gasteiger partial charge in [0.15, 0.2) is 6.29 Å². The molecule has 2 aromatic rings. The summed E-state index contributed by atoms with van der Waals surface area (Å²) in [6, 6.07) is 11.6. The van der Waals surface area contributed by atoms with Crippen LogP contribution in [0.2, 0.25) is 0 Å². The second-order valence-electron chi connectivity index (χ2n) is 3.90. The number of aldehydes is 1. The van der Waals surface area contributed by atoms with Crippen LogP contribution in [0.15, 0.2) is 48.6 Å². The van der Waals surface area contributed by atoms with Gasteiger partial charge >= 0.3 is 0 Å². The normalized spacial score (nSPS) is 9.47. The highest BCUT2D eigenvalue weighted by Gasteiger charge is 2.03. The van der Waals surface area contributed by atoms with E-state index >= 15 is 0 Å². The molecule has 82 valence electrons. The fourth-order valence-corrected chi connectivity index (χ4v) is 1.70. The fraction of sp³-hybridized carbons (Fsp3) is 0.0625. The Hall–Kier alpha value is -2.33. The number of benzene rings is 2. The van der Waals surface area contributed by atoms with Crippen LogP contribution in [0.3, 0.4) is 0 Å². The van der Waals surface area contributed by atoms with Crippen molar-refractivity contribution in [3.63, 3.8) is 0 Å². The van der Waals surface area contributed by atoms with Crippen molar-refractivity contribution in [2.45, 2.75) is 6.92 Å². The molecule has 0 aromatic heterocycles. The predicted molar refractivity (Wildman–Crippen MR) is 71.0 cm³/mol. The Morgan fingerprint density at radius 3 is 2.71 bits per heavy atom. The van der Waals surface area contributed by atoms with E-state index in [2.05, 4.69) is 18.4 Å². The van der Waals surface area contributed by atoms with Crippen LogP contribution in [0.25, 0.3) is 10.8 Å². The summed E-state index contributed by atoms with van der Waals surface area (Å²) < 4.78 is 0. The van der Waals surface area contributed by atoms with Crippen LogP contribution >= 0.6 is 0 Å². The van der Waals surface area contributed by atoms with Gasteiger partial charge in [0.25, 0.3) is 0 Å². The molecule has 17 heavy (non-hydrogen) atoms. The van der Waals surface area contributed by atoms with Gasteiger partial charge < -0.3 is 0 Å². The predicted octanol–water partition coefficient (Wildman–Crippen LogP) is 3.58. The first-order chi connectivity index (χ1) is 8.22. The zero-order valence-electron chi connectivity index (χ0n) is 9.66. The molecule has 0 amide bonds. The number of carbonyl (C=O) groups excluding carboxylic acids is 1. The molecule has 0 unspecified atom stereocenters. The largest absolute Gasteiger partial charge is 0.298 e. The van der Waals surface area contributed by atoms with Crippen molar-refractivity contribution in [2.75, 3.05) is 0 Å². The maximum Gasteiger partial charge on any atom is 0.151 e. The van der Waals surface area contributed by atoms with Crippen LogP contribution in [0, 0.1) is 11.8 Å². The number of rotatable bonds is 1. The Bertz CT molecular complexity index is 654. The molecular formula is C16H12O. The summed E-state index contributed by atoms with van der Waals surface area (Å²) in [5.74, 6) is 5.95. The molecule has 0 aliphatic carbocycles. The monoisotopic (exact) mass is 220 g/mol. The molecule has 0 saturated carbocycles. The molecule has 0 saturated heterocycles. The van der Waals surface area contributed by atoms with Gasteiger partial charge in [-0.3, -0.25) is 4.79 Å². The van der Waals surface area contributed by atoms with Crippen molar-refractivity contribution in [3.05, 3.63) is 59.7 Å². The lowest BCUT2D eigenvalue weighted by atomic mass is 10.00. The van der Waals surface area contributed by atoms with Gasteiger partial charge in [0, 0.05) is 11.1 Å². The van der Waals surface area contributed by atoms with Gasteiger partial charge in [0.1, 0.15) is 0 Å². The number of carbonyl (C=O) groups is 1. The average Bonchev–Trinajstić information content (AvgIpc) is 2.35. The molecule has 0 atom stereocenters. The van der Waals surface area contributed by atoms with Gasteiger partial charge in [0.05, 0.1) is 0 Å². The highest BCUT2D eigenvalue weighted by Crippen LogP contribution is 2.20. The number of hydrogen-bond acceptors (Lipinski definition) is 1. The summed E-state index contributed by atoms with van der Waals surface area (Å²) >= 11 is 0. The van der Waals surface area contributed by atoms with Gasteiger partial charge in [0.2, 0.25) is 0 Å². The summed E-state index contributed by atoms with van der Waals surface area (Å²) in [5, 5.41) is 2.09. The van der Waals surface area contributed by atoms with Crippen molar-refractivity contribution in [2.24, 2.45) is 0 Å². The molecule has 0 fully saturated rings. The first kappa shape index (κ1) is 11.2. The summed E-state index contributed by atoms with van der Waals surface area (Å²) in [6.45, 7) is 5.59. The minimum atomic E-state index is 0.623. The fourth-order valence-electron chi connectivity index (χ4n) is 1.70. The van der Waals surface area contributed by atoms with E-state index in [1.54, 1.807) is 6.07 Å². The van der Waals surface area contributed by atoms with E-state index in [1.807, 2.05) is 37.3 Å². The Morgan fingerprint density at radius 2 is 2.00 bits per heavy atom. The molecule has 2 aromatic carbocycles. The molecular weight excluding hydrogens is 208 g/mol. The second kappa shape index (κ2) is 4.67. The first-order valence-corrected chi connectivity index (χ1v) is 5.37. The van der Waals surface area contributed by atoms with Gasteiger partial charge in [-0.15, -0.1) is 0 Å². The zero-order chi connectivity index (χ0) is 12.3. The molecule has 0 heterocycles. The Morgan fingerprint density at radius 1 is 1.24 bits per heavy atom. The standard InChI is InChI=1S/C16H12O/c1-12(2)7-10-16-14(11-17)9-8-13-5-3-4-6-15(13)16/h3-6,8-9,11H,1H2,2H3. The molecule has 0 aliphatic heterocycles. The van der Waals surface area contributed by atoms with Crippen LogP contribution in [0.1, 0.15) is 22.8 Å². The molecule has 1 heteroatoms. The van der Waals surface area contributed by atoms with Crippen LogP contribution in [-0.2, 0) is 0 Å². The second-order valence-corrected chi connectivity index (χ2v) is 3.90. The van der Waals surface area contributed by atoms with Gasteiger partial charge in [-0.1, -0.05) is 48.8 Å². The molecule has 0 spiro atoms. The van der Waals surface area contributed by atoms with Crippen LogP contribution < -0.4 is 0 Å². The molecule has 0 bridgehead atoms. The van der Waals surface area contributed by atoms with Crippen molar-refractivity contribution in [1.29, 1.82) is 0 Å². The van der Waals surface area contributed by atoms with E-state index in [9.17, 15) is 4.79 Å². The van der Waals surface area contributed by atoms with E-state index in [0.717, 1.165) is 28.2 Å². The van der Waals surface area contributed by atoms with E-state index in [-0.39, 0.29) is 0 Å². The van der Waals surface area contributed by atoms with Gasteiger partial charge in [-0.05, 0) is 29.3 Å². The minimum Gasteiger partial charge on any atom is -0.298 e. The van der Waals surface area contributed by atoms with Crippen LogP contribution in [0.4, 0.5) is 0 Å². The summed E-state index contributed by atoms with van der Waals surface area (Å²) in [4.78, 5) is 11.0. The van der Waals surface area contributed by atoms with Crippen molar-refractivity contribution < 1.29 is 4.79 Å². The number of hydrogen-bond donors (Lipinski definition) is 0. The van der Waals surface area contributed by atoms with Crippen molar-refractivity contribution in [1.82, 2.24) is 0 Å². The summed E-state index contributed by atoms with van der Waals surface area (Å²) in [6.07, 6.45) is 0.842. The highest BCUT2D eigenvalue weighted by atomic mass is 16.1. The molecule has 1 nitrogen and oxygen atoms in total. The number of fused-ring (bicyclic) bond motifs is 1. The lowest BCUT2D eigenvalue weighted by Gasteiger charge is -2.03. The summed E-state index contributed by atoms with van der Waals surface area (Å²) in [5.41, 5.74) is 2.19. The van der Waals surface area contributed by atoms with Crippen molar-refractivity contribution >= 4 is 17.1 Å². The lowest BCUT2D eigenvalue weighted by molar-refractivity contribution is 0.112. The summed E-state index contributed by atoms with van der Waals surface area (Å²) in [7, 11) is 0. The van der Waals surface area contributed by atoms with E-state index in [1.165, 1.54) is 0 Å². The Balaban J connectivity index is 2.77. The smallest absolute Gasteiger partial charge is 0.151 e. The van der Waals surface area contributed by atoms with E-state index in [4.69, 9.17) is 0 Å². The first-order valence-electron chi connectivity index (χ1n) is 5.37. The Kier molecular flexibility index (Phi) is 3.07. The number of allylic oxidation sites excluding steroid dienone is 1. The maximum absolute atomic E-state index is 11.0. The van der Waals surface area contributed by atoms with E-state index in [0.29, 0.717) is 5.56 Å². The highest BCUT2D eigenvalue weighted by molar-refractivity contribution is 5.95. The third-order valence-corrected chi connectivity index (χ3v) is 2.49. The van der Waals surface area contributed by atoms with Crippen molar-refractivity contribution in [3.8, 4) is 11.8 Å². The third-order valence-electron chi connectivity index (χ3n) is 2.49. The zero-order valence-corrected chi connectivity index (χ0v) is 9.66. The minimum absolute atomic E-state index is 0.623. The molecule has 2 rings (SSSR count). The molecule has 0 N–H and O–H groups in total. The quantitative estimate of drug-likeness (QED) is 0.530. The topological polar surface area (TPSA) is 17.1 Å². The van der Waals surface area contributed by atoms with Gasteiger partial charge in [-0.2, -0.15) is 0 Å². The maximum atomic E-state index is 11.0. The van der Waals surface area contributed by atoms with E-state index < -0.39 is 0 Å². The van der Waals surface area contributed by atoms with Crippen LogP contribution in [-0.4, -0.2) is 6.29 Å². The van der Waals surface area contributed by atoms with Crippen LogP contribution in [0.5, 0.6) is 0 Å². The third kappa shape index (κ3) is 2.26. The lowest BCUT2D eigenvalue weighted by Crippen LogP contribution is -1.89. The Labute approximate surface area is 101 Å².